The first-order chi connectivity index (χ1) is 12.3. The van der Waals surface area contributed by atoms with Crippen molar-refractivity contribution in [1.29, 1.82) is 0 Å². The first-order valence-electron chi connectivity index (χ1n) is 8.78. The molecule has 0 radical (unpaired) electrons. The van der Waals surface area contributed by atoms with Gasteiger partial charge in [-0.3, -0.25) is 4.79 Å². The second-order valence-electron chi connectivity index (χ2n) is 6.15. The molecule has 0 fully saturated rings. The topological polar surface area (TPSA) is 29.1 Å². The fraction of sp³-hybridized carbons (Fsp3) is 0.174. The van der Waals surface area contributed by atoms with Crippen molar-refractivity contribution in [3.63, 3.8) is 0 Å². The van der Waals surface area contributed by atoms with Crippen LogP contribution >= 0.6 is 12.4 Å². The molecule has 0 aliphatic heterocycles. The van der Waals surface area contributed by atoms with Crippen LogP contribution in [0.1, 0.15) is 34.8 Å². The number of carbonyl (C=O) groups is 1. The van der Waals surface area contributed by atoms with Gasteiger partial charge in [0.05, 0.1) is 0 Å². The molecule has 3 aromatic rings. The zero-order valence-electron chi connectivity index (χ0n) is 14.9. The summed E-state index contributed by atoms with van der Waals surface area (Å²) in [5, 5.41) is 3.41. The zero-order valence-corrected chi connectivity index (χ0v) is 15.8. The number of halogens is 1. The van der Waals surface area contributed by atoms with Gasteiger partial charge in [-0.05, 0) is 29.7 Å². The Labute approximate surface area is 161 Å². The van der Waals surface area contributed by atoms with Gasteiger partial charge in [-0.2, -0.15) is 0 Å². The molecule has 0 atom stereocenters. The van der Waals surface area contributed by atoms with Gasteiger partial charge in [0.15, 0.2) is 5.78 Å². The Morgan fingerprint density at radius 2 is 1.31 bits per heavy atom. The normalized spacial score (nSPS) is 10.2. The summed E-state index contributed by atoms with van der Waals surface area (Å²) in [5.41, 5.74) is 5.01. The summed E-state index contributed by atoms with van der Waals surface area (Å²) in [6.07, 6.45) is 1.14. The van der Waals surface area contributed by atoms with Crippen LogP contribution < -0.4 is 5.32 Å². The Morgan fingerprint density at radius 3 is 1.88 bits per heavy atom. The Hall–Kier alpha value is -2.42. The number of benzene rings is 3. The van der Waals surface area contributed by atoms with E-state index in [4.69, 9.17) is 0 Å². The van der Waals surface area contributed by atoms with E-state index in [0.717, 1.165) is 41.8 Å². The molecular weight excluding hydrogens is 342 g/mol. The number of hydrogen-bond acceptors (Lipinski definition) is 2. The summed E-state index contributed by atoms with van der Waals surface area (Å²) >= 11 is 0. The van der Waals surface area contributed by atoms with Gasteiger partial charge < -0.3 is 5.32 Å². The lowest BCUT2D eigenvalue weighted by Crippen LogP contribution is -2.13. The molecule has 3 heteroatoms. The molecule has 0 heterocycles. The highest BCUT2D eigenvalue weighted by atomic mass is 35.5. The smallest absolute Gasteiger partial charge is 0.193 e. The van der Waals surface area contributed by atoms with Crippen molar-refractivity contribution in [1.82, 2.24) is 5.32 Å². The highest BCUT2D eigenvalue weighted by Gasteiger charge is 2.08. The highest BCUT2D eigenvalue weighted by Crippen LogP contribution is 2.21. The van der Waals surface area contributed by atoms with Crippen molar-refractivity contribution >= 4 is 18.2 Å². The van der Waals surface area contributed by atoms with E-state index in [1.165, 1.54) is 5.56 Å². The summed E-state index contributed by atoms with van der Waals surface area (Å²) < 4.78 is 0. The van der Waals surface area contributed by atoms with Crippen molar-refractivity contribution < 1.29 is 4.79 Å². The summed E-state index contributed by atoms with van der Waals surface area (Å²) in [6.45, 7) is 4.11. The van der Waals surface area contributed by atoms with Crippen molar-refractivity contribution in [3.8, 4) is 11.1 Å². The number of carbonyl (C=O) groups excluding carboxylic acids is 1. The van der Waals surface area contributed by atoms with Gasteiger partial charge in [-0.1, -0.05) is 85.8 Å². The standard InChI is InChI=1S/C23H23NO.ClH/c1-2-16-24-17-18-8-10-19(11-9-18)20-12-14-22(15-13-20)23(25)21-6-4-3-5-7-21;/h3-15,24H,2,16-17H2,1H3;1H. The van der Waals surface area contributed by atoms with Crippen LogP contribution in [0.15, 0.2) is 78.9 Å². The van der Waals surface area contributed by atoms with E-state index in [1.807, 2.05) is 54.6 Å². The molecule has 0 aromatic heterocycles. The predicted molar refractivity (Wildman–Crippen MR) is 111 cm³/mol. The summed E-state index contributed by atoms with van der Waals surface area (Å²) in [7, 11) is 0. The van der Waals surface area contributed by atoms with Gasteiger partial charge in [-0.25, -0.2) is 0 Å². The predicted octanol–water partition coefficient (Wildman–Crippen LogP) is 5.51. The average molecular weight is 366 g/mol. The molecule has 0 aliphatic rings. The molecule has 0 spiro atoms. The van der Waals surface area contributed by atoms with Crippen LogP contribution in [0.25, 0.3) is 11.1 Å². The highest BCUT2D eigenvalue weighted by molar-refractivity contribution is 6.09. The van der Waals surface area contributed by atoms with Crippen molar-refractivity contribution in [3.05, 3.63) is 95.6 Å². The summed E-state index contributed by atoms with van der Waals surface area (Å²) in [4.78, 5) is 12.5. The molecule has 0 bridgehead atoms. The van der Waals surface area contributed by atoms with Crippen molar-refractivity contribution in [2.75, 3.05) is 6.54 Å². The van der Waals surface area contributed by atoms with Crippen molar-refractivity contribution in [2.24, 2.45) is 0 Å². The number of hydrogen-bond donors (Lipinski definition) is 1. The van der Waals surface area contributed by atoms with Gasteiger partial charge >= 0.3 is 0 Å². The Balaban J connectivity index is 0.00000243. The lowest BCUT2D eigenvalue weighted by Gasteiger charge is -2.07. The van der Waals surface area contributed by atoms with E-state index in [1.54, 1.807) is 0 Å². The first-order valence-corrected chi connectivity index (χ1v) is 8.78. The van der Waals surface area contributed by atoms with Gasteiger partial charge in [0.1, 0.15) is 0 Å². The average Bonchev–Trinajstić information content (AvgIpc) is 2.69. The maximum atomic E-state index is 12.5. The van der Waals surface area contributed by atoms with E-state index < -0.39 is 0 Å². The van der Waals surface area contributed by atoms with Gasteiger partial charge in [0.2, 0.25) is 0 Å². The summed E-state index contributed by atoms with van der Waals surface area (Å²) in [5.74, 6) is 0.0597. The first kappa shape index (κ1) is 19.9. The van der Waals surface area contributed by atoms with Crippen LogP contribution in [0, 0.1) is 0 Å². The molecule has 0 saturated carbocycles. The minimum Gasteiger partial charge on any atom is -0.313 e. The second kappa shape index (κ2) is 9.91. The molecule has 0 saturated heterocycles. The SMILES string of the molecule is CCCNCc1ccc(-c2ccc(C(=O)c3ccccc3)cc2)cc1.Cl. The maximum absolute atomic E-state index is 12.5. The Kier molecular flexibility index (Phi) is 7.58. The van der Waals surface area contributed by atoms with E-state index in [-0.39, 0.29) is 18.2 Å². The van der Waals surface area contributed by atoms with Crippen LogP contribution in [0.5, 0.6) is 0 Å². The van der Waals surface area contributed by atoms with E-state index in [9.17, 15) is 4.79 Å². The fourth-order valence-corrected chi connectivity index (χ4v) is 2.79. The molecular formula is C23H24ClNO. The van der Waals surface area contributed by atoms with Crippen LogP contribution in [0.4, 0.5) is 0 Å². The molecule has 0 aliphatic carbocycles. The number of ketones is 1. The molecule has 0 amide bonds. The third-order valence-electron chi connectivity index (χ3n) is 4.23. The fourth-order valence-electron chi connectivity index (χ4n) is 2.79. The Morgan fingerprint density at radius 1 is 0.769 bits per heavy atom. The van der Waals surface area contributed by atoms with E-state index in [2.05, 4.69) is 36.5 Å². The number of rotatable bonds is 7. The minimum absolute atomic E-state index is 0. The monoisotopic (exact) mass is 365 g/mol. The lowest BCUT2D eigenvalue weighted by molar-refractivity contribution is 0.103. The quantitative estimate of drug-likeness (QED) is 0.442. The summed E-state index contributed by atoms with van der Waals surface area (Å²) in [6, 6.07) is 25.8. The van der Waals surface area contributed by atoms with Crippen LogP contribution in [-0.4, -0.2) is 12.3 Å². The van der Waals surface area contributed by atoms with Crippen LogP contribution in [0.3, 0.4) is 0 Å². The molecule has 26 heavy (non-hydrogen) atoms. The molecule has 134 valence electrons. The van der Waals surface area contributed by atoms with Crippen molar-refractivity contribution in [2.45, 2.75) is 19.9 Å². The van der Waals surface area contributed by atoms with Gasteiger partial charge in [0.25, 0.3) is 0 Å². The molecule has 0 unspecified atom stereocenters. The zero-order chi connectivity index (χ0) is 17.5. The minimum atomic E-state index is 0. The molecule has 3 aromatic carbocycles. The van der Waals surface area contributed by atoms with E-state index in [0.29, 0.717) is 0 Å². The molecule has 2 nitrogen and oxygen atoms in total. The maximum Gasteiger partial charge on any atom is 0.193 e. The lowest BCUT2D eigenvalue weighted by atomic mass is 9.99. The second-order valence-corrected chi connectivity index (χ2v) is 6.15. The molecule has 3 rings (SSSR count). The van der Waals surface area contributed by atoms with Gasteiger partial charge in [-0.15, -0.1) is 12.4 Å². The third-order valence-corrected chi connectivity index (χ3v) is 4.23. The van der Waals surface area contributed by atoms with Crippen LogP contribution in [-0.2, 0) is 6.54 Å². The number of nitrogens with one attached hydrogen (secondary N) is 1. The third kappa shape index (κ3) is 5.04. The van der Waals surface area contributed by atoms with E-state index >= 15 is 0 Å². The Bertz CT molecular complexity index is 811. The largest absolute Gasteiger partial charge is 0.313 e. The van der Waals surface area contributed by atoms with Gasteiger partial charge in [0, 0.05) is 17.7 Å². The molecule has 1 N–H and O–H groups in total. The van der Waals surface area contributed by atoms with Crippen LogP contribution in [0.2, 0.25) is 0 Å².